The van der Waals surface area contributed by atoms with Crippen molar-refractivity contribution in [3.63, 3.8) is 0 Å². The standard InChI is InChI=1S/C15H18N2O4/c1-9-2-4-11(17(20)21)6-12(9)15(19)16-7-10-3-5-14(18)13(10)8-16/h2,4,6,10,13-14,18H,3,5,7-8H2,1H3. The van der Waals surface area contributed by atoms with E-state index in [4.69, 9.17) is 0 Å². The monoisotopic (exact) mass is 290 g/mol. The molecule has 6 nitrogen and oxygen atoms in total. The summed E-state index contributed by atoms with van der Waals surface area (Å²) in [6, 6.07) is 4.37. The molecule has 3 unspecified atom stereocenters. The van der Waals surface area contributed by atoms with E-state index >= 15 is 0 Å². The predicted molar refractivity (Wildman–Crippen MR) is 76.0 cm³/mol. The van der Waals surface area contributed by atoms with Crippen LogP contribution >= 0.6 is 0 Å². The van der Waals surface area contributed by atoms with Gasteiger partial charge >= 0.3 is 0 Å². The molecular weight excluding hydrogens is 272 g/mol. The molecule has 1 heterocycles. The number of amides is 1. The molecule has 2 aliphatic rings. The van der Waals surface area contributed by atoms with Crippen LogP contribution in [0, 0.1) is 28.9 Å². The van der Waals surface area contributed by atoms with Crippen LogP contribution < -0.4 is 0 Å². The van der Waals surface area contributed by atoms with Gasteiger partial charge < -0.3 is 10.0 Å². The zero-order valence-electron chi connectivity index (χ0n) is 11.9. The third-order valence-corrected chi connectivity index (χ3v) is 4.77. The Labute approximate surface area is 122 Å². The molecule has 0 radical (unpaired) electrons. The van der Waals surface area contributed by atoms with Crippen LogP contribution in [0.4, 0.5) is 5.69 Å². The molecule has 6 heteroatoms. The van der Waals surface area contributed by atoms with E-state index in [-0.39, 0.29) is 23.6 Å². The van der Waals surface area contributed by atoms with E-state index in [1.165, 1.54) is 12.1 Å². The fourth-order valence-electron chi connectivity index (χ4n) is 3.53. The Morgan fingerprint density at radius 1 is 1.38 bits per heavy atom. The highest BCUT2D eigenvalue weighted by molar-refractivity contribution is 5.96. The molecular formula is C15H18N2O4. The summed E-state index contributed by atoms with van der Waals surface area (Å²) in [5, 5.41) is 20.8. The van der Waals surface area contributed by atoms with Crippen LogP contribution in [-0.4, -0.2) is 40.0 Å². The molecule has 3 atom stereocenters. The van der Waals surface area contributed by atoms with E-state index in [9.17, 15) is 20.0 Å². The van der Waals surface area contributed by atoms with E-state index in [2.05, 4.69) is 0 Å². The average molecular weight is 290 g/mol. The molecule has 0 bridgehead atoms. The normalized spacial score (nSPS) is 27.7. The quantitative estimate of drug-likeness (QED) is 0.664. The highest BCUT2D eigenvalue weighted by atomic mass is 16.6. The highest BCUT2D eigenvalue weighted by Gasteiger charge is 2.43. The third-order valence-electron chi connectivity index (χ3n) is 4.77. The maximum absolute atomic E-state index is 12.6. The van der Waals surface area contributed by atoms with Crippen LogP contribution in [0.3, 0.4) is 0 Å². The van der Waals surface area contributed by atoms with Crippen molar-refractivity contribution in [2.75, 3.05) is 13.1 Å². The highest BCUT2D eigenvalue weighted by Crippen LogP contribution is 2.38. The zero-order valence-corrected chi connectivity index (χ0v) is 11.9. The number of nitro groups is 1. The SMILES string of the molecule is Cc1ccc([N+](=O)[O-])cc1C(=O)N1CC2CCC(O)C2C1. The lowest BCUT2D eigenvalue weighted by Gasteiger charge is -2.19. The van der Waals surface area contributed by atoms with Gasteiger partial charge in [-0.05, 0) is 31.2 Å². The van der Waals surface area contributed by atoms with Crippen LogP contribution in [-0.2, 0) is 0 Å². The number of carbonyl (C=O) groups excluding carboxylic acids is 1. The Bertz CT molecular complexity index is 601. The molecule has 1 saturated heterocycles. The van der Waals surface area contributed by atoms with Gasteiger partial charge in [-0.1, -0.05) is 6.07 Å². The molecule has 1 aliphatic heterocycles. The molecule has 1 N–H and O–H groups in total. The van der Waals surface area contributed by atoms with Crippen molar-refractivity contribution in [3.8, 4) is 0 Å². The van der Waals surface area contributed by atoms with Gasteiger partial charge in [-0.15, -0.1) is 0 Å². The number of carbonyl (C=O) groups is 1. The fourth-order valence-corrected chi connectivity index (χ4v) is 3.53. The van der Waals surface area contributed by atoms with Crippen molar-refractivity contribution in [1.29, 1.82) is 0 Å². The molecule has 0 spiro atoms. The maximum atomic E-state index is 12.6. The maximum Gasteiger partial charge on any atom is 0.270 e. The Balaban J connectivity index is 1.83. The minimum Gasteiger partial charge on any atom is -0.393 e. The number of nitro benzene ring substituents is 1. The molecule has 2 fully saturated rings. The molecule has 1 amide bonds. The van der Waals surface area contributed by atoms with Gasteiger partial charge in [0, 0.05) is 36.7 Å². The number of fused-ring (bicyclic) bond motifs is 1. The van der Waals surface area contributed by atoms with Gasteiger partial charge in [0.25, 0.3) is 11.6 Å². The largest absolute Gasteiger partial charge is 0.393 e. The van der Waals surface area contributed by atoms with Gasteiger partial charge in [0.1, 0.15) is 0 Å². The van der Waals surface area contributed by atoms with E-state index < -0.39 is 4.92 Å². The summed E-state index contributed by atoms with van der Waals surface area (Å²) in [6.07, 6.45) is 1.44. The predicted octanol–water partition coefficient (Wildman–Crippen LogP) is 1.75. The molecule has 1 aromatic carbocycles. The number of nitrogens with zero attached hydrogens (tertiary/aromatic N) is 2. The second-order valence-electron chi connectivity index (χ2n) is 6.04. The van der Waals surface area contributed by atoms with E-state index in [1.54, 1.807) is 17.9 Å². The molecule has 1 aromatic rings. The minimum absolute atomic E-state index is 0.0663. The van der Waals surface area contributed by atoms with Crippen LogP contribution in [0.15, 0.2) is 18.2 Å². The molecule has 112 valence electrons. The van der Waals surface area contributed by atoms with Gasteiger partial charge in [0.2, 0.25) is 0 Å². The topological polar surface area (TPSA) is 83.7 Å². The summed E-state index contributed by atoms with van der Waals surface area (Å²) in [6.45, 7) is 2.97. The van der Waals surface area contributed by atoms with Gasteiger partial charge in [-0.2, -0.15) is 0 Å². The van der Waals surface area contributed by atoms with E-state index in [1.807, 2.05) is 0 Å². The Morgan fingerprint density at radius 2 is 2.14 bits per heavy atom. The second-order valence-corrected chi connectivity index (χ2v) is 6.04. The minimum atomic E-state index is -0.487. The first-order valence-corrected chi connectivity index (χ1v) is 7.19. The second kappa shape index (κ2) is 5.11. The lowest BCUT2D eigenvalue weighted by molar-refractivity contribution is -0.384. The Kier molecular flexibility index (Phi) is 3.41. The summed E-state index contributed by atoms with van der Waals surface area (Å²) >= 11 is 0. The van der Waals surface area contributed by atoms with Crippen molar-refractivity contribution in [3.05, 3.63) is 39.4 Å². The number of aryl methyl sites for hydroxylation is 1. The number of hydrogen-bond acceptors (Lipinski definition) is 4. The number of benzene rings is 1. The molecule has 1 aliphatic carbocycles. The van der Waals surface area contributed by atoms with E-state index in [0.717, 1.165) is 18.4 Å². The van der Waals surface area contributed by atoms with Crippen molar-refractivity contribution < 1.29 is 14.8 Å². The first-order valence-electron chi connectivity index (χ1n) is 7.19. The number of non-ortho nitro benzene ring substituents is 1. The number of aliphatic hydroxyl groups is 1. The number of rotatable bonds is 2. The smallest absolute Gasteiger partial charge is 0.270 e. The number of likely N-dealkylation sites (tertiary alicyclic amines) is 1. The van der Waals surface area contributed by atoms with Crippen LogP contribution in [0.2, 0.25) is 0 Å². The van der Waals surface area contributed by atoms with Crippen molar-refractivity contribution in [2.45, 2.75) is 25.9 Å². The molecule has 21 heavy (non-hydrogen) atoms. The fraction of sp³-hybridized carbons (Fsp3) is 0.533. The van der Waals surface area contributed by atoms with Crippen LogP contribution in [0.1, 0.15) is 28.8 Å². The first kappa shape index (κ1) is 14.0. The molecule has 0 aromatic heterocycles. The van der Waals surface area contributed by atoms with Gasteiger partial charge in [-0.3, -0.25) is 14.9 Å². The Morgan fingerprint density at radius 3 is 2.81 bits per heavy atom. The third kappa shape index (κ3) is 2.40. The molecule has 3 rings (SSSR count). The summed E-state index contributed by atoms with van der Waals surface area (Å²) in [7, 11) is 0. The zero-order chi connectivity index (χ0) is 15.1. The lowest BCUT2D eigenvalue weighted by Crippen LogP contribution is -2.31. The van der Waals surface area contributed by atoms with Crippen molar-refractivity contribution in [2.24, 2.45) is 11.8 Å². The summed E-state index contributed by atoms with van der Waals surface area (Å²) in [5.74, 6) is 0.355. The van der Waals surface area contributed by atoms with Gasteiger partial charge in [-0.25, -0.2) is 0 Å². The first-order chi connectivity index (χ1) is 9.97. The van der Waals surface area contributed by atoms with Gasteiger partial charge in [0.05, 0.1) is 11.0 Å². The van der Waals surface area contributed by atoms with Crippen molar-refractivity contribution >= 4 is 11.6 Å². The summed E-state index contributed by atoms with van der Waals surface area (Å²) in [4.78, 5) is 24.7. The number of hydrogen-bond donors (Lipinski definition) is 1. The summed E-state index contributed by atoms with van der Waals surface area (Å²) < 4.78 is 0. The van der Waals surface area contributed by atoms with Crippen LogP contribution in [0.5, 0.6) is 0 Å². The van der Waals surface area contributed by atoms with Crippen molar-refractivity contribution in [1.82, 2.24) is 4.90 Å². The number of aliphatic hydroxyl groups excluding tert-OH is 1. The average Bonchev–Trinajstić information content (AvgIpc) is 3.01. The molecule has 1 saturated carbocycles. The summed E-state index contributed by atoms with van der Waals surface area (Å²) in [5.41, 5.74) is 1.06. The Hall–Kier alpha value is -1.95. The van der Waals surface area contributed by atoms with Crippen LogP contribution in [0.25, 0.3) is 0 Å². The lowest BCUT2D eigenvalue weighted by atomic mass is 10.00. The van der Waals surface area contributed by atoms with Gasteiger partial charge in [0.15, 0.2) is 0 Å². The van der Waals surface area contributed by atoms with E-state index in [0.29, 0.717) is 24.6 Å².